The first kappa shape index (κ1) is 21.8. The number of hydrogen-bond donors (Lipinski definition) is 1. The minimum Gasteiger partial charge on any atom is -0.467 e. The van der Waals surface area contributed by atoms with Crippen LogP contribution in [0.5, 0.6) is 0 Å². The van der Waals surface area contributed by atoms with E-state index in [1.165, 1.54) is 7.11 Å². The van der Waals surface area contributed by atoms with Crippen molar-refractivity contribution < 1.29 is 27.9 Å². The normalized spacial score (nSPS) is 11.5. The third-order valence-electron chi connectivity index (χ3n) is 4.66. The highest BCUT2D eigenvalue weighted by atomic mass is 19.1. The third kappa shape index (κ3) is 5.39. The van der Waals surface area contributed by atoms with E-state index in [1.54, 1.807) is 48.5 Å². The summed E-state index contributed by atoms with van der Waals surface area (Å²) in [6.07, 6.45) is 0.0566. The third-order valence-corrected chi connectivity index (χ3v) is 4.66. The summed E-state index contributed by atoms with van der Waals surface area (Å²) in [5, 5.41) is 2.41. The van der Waals surface area contributed by atoms with Crippen molar-refractivity contribution in [2.75, 3.05) is 7.11 Å². The highest BCUT2D eigenvalue weighted by molar-refractivity contribution is 6.08. The van der Waals surface area contributed by atoms with Crippen molar-refractivity contribution in [1.82, 2.24) is 5.32 Å². The lowest BCUT2D eigenvalue weighted by Crippen LogP contribution is -2.43. The lowest BCUT2D eigenvalue weighted by Gasteiger charge is -2.17. The second kappa shape index (κ2) is 9.75. The Morgan fingerprint density at radius 3 is 2.16 bits per heavy atom. The molecule has 1 atom stereocenters. The minimum atomic E-state index is -1.10. The van der Waals surface area contributed by atoms with Gasteiger partial charge >= 0.3 is 5.97 Å². The summed E-state index contributed by atoms with van der Waals surface area (Å²) < 4.78 is 31.7. The van der Waals surface area contributed by atoms with E-state index < -0.39 is 29.6 Å². The van der Waals surface area contributed by atoms with Crippen LogP contribution in [0.1, 0.15) is 31.8 Å². The molecule has 0 saturated carbocycles. The van der Waals surface area contributed by atoms with Crippen LogP contribution in [-0.2, 0) is 16.0 Å². The number of carbonyl (C=O) groups is 3. The number of rotatable bonds is 7. The molecule has 0 aliphatic carbocycles. The molecular weight excluding hydrogens is 404 g/mol. The second-order valence-electron chi connectivity index (χ2n) is 6.77. The summed E-state index contributed by atoms with van der Waals surface area (Å²) in [5.74, 6) is -3.59. The lowest BCUT2D eigenvalue weighted by molar-refractivity contribution is -0.142. The number of ketones is 1. The van der Waals surface area contributed by atoms with E-state index in [9.17, 15) is 23.2 Å². The van der Waals surface area contributed by atoms with E-state index in [1.807, 2.05) is 6.07 Å². The number of halogens is 2. The summed E-state index contributed by atoms with van der Waals surface area (Å²) in [4.78, 5) is 37.0. The molecule has 0 radical (unpaired) electrons. The molecule has 0 aliphatic heterocycles. The Morgan fingerprint density at radius 2 is 1.55 bits per heavy atom. The van der Waals surface area contributed by atoms with Gasteiger partial charge in [0, 0.05) is 23.6 Å². The number of nitrogens with one attached hydrogen (secondary N) is 1. The van der Waals surface area contributed by atoms with Crippen LogP contribution in [0, 0.1) is 11.6 Å². The predicted octanol–water partition coefficient (Wildman–Crippen LogP) is 3.71. The van der Waals surface area contributed by atoms with Crippen LogP contribution in [0.15, 0.2) is 72.8 Å². The summed E-state index contributed by atoms with van der Waals surface area (Å²) >= 11 is 0. The van der Waals surface area contributed by atoms with Gasteiger partial charge in [0.25, 0.3) is 5.91 Å². The highest BCUT2D eigenvalue weighted by Crippen LogP contribution is 2.14. The van der Waals surface area contributed by atoms with E-state index in [-0.39, 0.29) is 17.8 Å². The summed E-state index contributed by atoms with van der Waals surface area (Å²) in [6, 6.07) is 16.8. The molecule has 1 amide bonds. The topological polar surface area (TPSA) is 72.5 Å². The number of methoxy groups -OCH3 is 1. The Labute approximate surface area is 177 Å². The zero-order valence-electron chi connectivity index (χ0n) is 16.6. The van der Waals surface area contributed by atoms with E-state index in [0.29, 0.717) is 22.8 Å². The monoisotopic (exact) mass is 423 g/mol. The Balaban J connectivity index is 1.74. The van der Waals surface area contributed by atoms with Gasteiger partial charge in [0.2, 0.25) is 0 Å². The Kier molecular flexibility index (Phi) is 6.87. The van der Waals surface area contributed by atoms with Crippen molar-refractivity contribution >= 4 is 17.7 Å². The fourth-order valence-electron chi connectivity index (χ4n) is 3.03. The first-order valence-electron chi connectivity index (χ1n) is 9.41. The number of hydrogen-bond acceptors (Lipinski definition) is 4. The summed E-state index contributed by atoms with van der Waals surface area (Å²) in [7, 11) is 1.17. The van der Waals surface area contributed by atoms with Gasteiger partial charge in [-0.25, -0.2) is 13.6 Å². The minimum absolute atomic E-state index is 0.0566. The van der Waals surface area contributed by atoms with Gasteiger partial charge in [0.05, 0.1) is 12.7 Å². The van der Waals surface area contributed by atoms with Gasteiger partial charge in [-0.1, -0.05) is 54.6 Å². The molecule has 0 spiro atoms. The highest BCUT2D eigenvalue weighted by Gasteiger charge is 2.24. The summed E-state index contributed by atoms with van der Waals surface area (Å²) in [6.45, 7) is 0. The number of benzene rings is 3. The molecule has 158 valence electrons. The maximum atomic E-state index is 13.9. The van der Waals surface area contributed by atoms with Crippen LogP contribution < -0.4 is 5.32 Å². The van der Waals surface area contributed by atoms with Crippen molar-refractivity contribution in [2.45, 2.75) is 12.5 Å². The number of ether oxygens (including phenoxy) is 1. The molecule has 7 heteroatoms. The van der Waals surface area contributed by atoms with Gasteiger partial charge in [-0.3, -0.25) is 9.59 Å². The maximum absolute atomic E-state index is 13.9. The van der Waals surface area contributed by atoms with Crippen LogP contribution in [0.4, 0.5) is 8.78 Å². The standard InChI is InChI=1S/C24H19F2NO4/c1-31-24(30)21(27-23(29)19-12-11-18(25)14-20(19)26)13-15-7-9-17(10-8-15)22(28)16-5-3-2-4-6-16/h2-12,14,21H,13H2,1H3,(H,27,29)/t21-/m1/s1. The molecule has 0 aromatic heterocycles. The molecule has 0 saturated heterocycles. The molecule has 3 aromatic carbocycles. The van der Waals surface area contributed by atoms with Gasteiger partial charge in [-0.2, -0.15) is 0 Å². The molecule has 0 fully saturated rings. The van der Waals surface area contributed by atoms with Gasteiger partial charge in [-0.15, -0.1) is 0 Å². The van der Waals surface area contributed by atoms with Crippen molar-refractivity contribution in [3.8, 4) is 0 Å². The first-order chi connectivity index (χ1) is 14.9. The zero-order valence-corrected chi connectivity index (χ0v) is 16.6. The Bertz CT molecular complexity index is 1100. The van der Waals surface area contributed by atoms with Crippen LogP contribution in [0.2, 0.25) is 0 Å². The molecule has 3 aromatic rings. The van der Waals surface area contributed by atoms with Gasteiger partial charge < -0.3 is 10.1 Å². The number of amides is 1. The Hall–Kier alpha value is -3.87. The largest absolute Gasteiger partial charge is 0.467 e. The fourth-order valence-corrected chi connectivity index (χ4v) is 3.03. The average Bonchev–Trinajstić information content (AvgIpc) is 2.78. The van der Waals surface area contributed by atoms with E-state index in [2.05, 4.69) is 5.32 Å². The molecule has 0 heterocycles. The molecule has 5 nitrogen and oxygen atoms in total. The van der Waals surface area contributed by atoms with Crippen LogP contribution >= 0.6 is 0 Å². The Morgan fingerprint density at radius 1 is 0.903 bits per heavy atom. The van der Waals surface area contributed by atoms with E-state index in [0.717, 1.165) is 12.1 Å². The smallest absolute Gasteiger partial charge is 0.328 e. The molecule has 3 rings (SSSR count). The van der Waals surface area contributed by atoms with Gasteiger partial charge in [0.15, 0.2) is 5.78 Å². The SMILES string of the molecule is COC(=O)[C@@H](Cc1ccc(C(=O)c2ccccc2)cc1)NC(=O)c1ccc(F)cc1F. The molecule has 31 heavy (non-hydrogen) atoms. The van der Waals surface area contributed by atoms with Crippen LogP contribution in [0.25, 0.3) is 0 Å². The molecule has 0 aliphatic rings. The zero-order chi connectivity index (χ0) is 22.4. The molecule has 0 bridgehead atoms. The number of esters is 1. The molecular formula is C24H19F2NO4. The fraction of sp³-hybridized carbons (Fsp3) is 0.125. The quantitative estimate of drug-likeness (QED) is 0.465. The van der Waals surface area contributed by atoms with Crippen molar-refractivity contribution in [3.05, 3.63) is 107 Å². The van der Waals surface area contributed by atoms with Gasteiger partial charge in [-0.05, 0) is 17.7 Å². The van der Waals surface area contributed by atoms with E-state index in [4.69, 9.17) is 4.74 Å². The maximum Gasteiger partial charge on any atom is 0.328 e. The first-order valence-corrected chi connectivity index (χ1v) is 9.41. The van der Waals surface area contributed by atoms with Crippen molar-refractivity contribution in [1.29, 1.82) is 0 Å². The van der Waals surface area contributed by atoms with Crippen molar-refractivity contribution in [3.63, 3.8) is 0 Å². The van der Waals surface area contributed by atoms with Gasteiger partial charge in [0.1, 0.15) is 17.7 Å². The molecule has 1 N–H and O–H groups in total. The van der Waals surface area contributed by atoms with Crippen molar-refractivity contribution in [2.24, 2.45) is 0 Å². The predicted molar refractivity (Wildman–Crippen MR) is 110 cm³/mol. The number of carbonyl (C=O) groups excluding carboxylic acids is 3. The summed E-state index contributed by atoms with van der Waals surface area (Å²) in [5.41, 5.74) is 1.29. The van der Waals surface area contributed by atoms with E-state index >= 15 is 0 Å². The van der Waals surface area contributed by atoms with Crippen LogP contribution in [-0.4, -0.2) is 30.8 Å². The molecule has 0 unspecified atom stereocenters. The van der Waals surface area contributed by atoms with Crippen LogP contribution in [0.3, 0.4) is 0 Å². The average molecular weight is 423 g/mol. The lowest BCUT2D eigenvalue weighted by atomic mass is 9.99. The second-order valence-corrected chi connectivity index (χ2v) is 6.77.